The summed E-state index contributed by atoms with van der Waals surface area (Å²) in [6, 6.07) is 0.266. The van der Waals surface area contributed by atoms with Crippen molar-refractivity contribution < 1.29 is 4.79 Å². The van der Waals surface area contributed by atoms with E-state index in [2.05, 4.69) is 34.6 Å². The minimum Gasteiger partial charge on any atom is -0.342 e. The van der Waals surface area contributed by atoms with Gasteiger partial charge >= 0.3 is 0 Å². The summed E-state index contributed by atoms with van der Waals surface area (Å²) in [7, 11) is 1.92. The van der Waals surface area contributed by atoms with Gasteiger partial charge in [0.2, 0.25) is 5.91 Å². The first-order valence-corrected chi connectivity index (χ1v) is 7.18. The number of hydrogen-bond donors (Lipinski definition) is 1. The molecule has 0 aromatic heterocycles. The molecular weight excluding hydrogens is 224 g/mol. The third-order valence-electron chi connectivity index (χ3n) is 4.74. The predicted molar refractivity (Wildman–Crippen MR) is 76.2 cm³/mol. The molecule has 1 fully saturated rings. The fourth-order valence-electron chi connectivity index (χ4n) is 2.89. The average Bonchev–Trinajstić information content (AvgIpc) is 2.25. The van der Waals surface area contributed by atoms with E-state index >= 15 is 0 Å². The van der Waals surface area contributed by atoms with Crippen molar-refractivity contribution in [3.63, 3.8) is 0 Å². The van der Waals surface area contributed by atoms with Crippen molar-refractivity contribution in [3.8, 4) is 0 Å². The second-order valence-corrected chi connectivity index (χ2v) is 7.09. The number of nitrogens with two attached hydrogens (primary N) is 1. The average molecular weight is 254 g/mol. The van der Waals surface area contributed by atoms with Crippen LogP contribution >= 0.6 is 0 Å². The SMILES string of the molecule is CC1CCCC(N)C1C(=O)N(C)C(C)C(C)(C)C. The minimum atomic E-state index is 0.00792. The highest BCUT2D eigenvalue weighted by Crippen LogP contribution is 2.32. The van der Waals surface area contributed by atoms with Gasteiger partial charge in [0.05, 0.1) is 5.92 Å². The van der Waals surface area contributed by atoms with Gasteiger partial charge in [-0.1, -0.05) is 34.1 Å². The Labute approximate surface area is 112 Å². The molecule has 0 aromatic rings. The first-order valence-electron chi connectivity index (χ1n) is 7.18. The molecule has 1 rings (SSSR count). The molecule has 4 unspecified atom stereocenters. The maximum absolute atomic E-state index is 12.7. The summed E-state index contributed by atoms with van der Waals surface area (Å²) < 4.78 is 0. The van der Waals surface area contributed by atoms with Crippen LogP contribution in [-0.4, -0.2) is 29.9 Å². The molecule has 4 atom stereocenters. The summed E-state index contributed by atoms with van der Waals surface area (Å²) in [6.45, 7) is 10.8. The Hall–Kier alpha value is -0.570. The fraction of sp³-hybridized carbons (Fsp3) is 0.933. The third-order valence-corrected chi connectivity index (χ3v) is 4.74. The normalized spacial score (nSPS) is 30.9. The topological polar surface area (TPSA) is 46.3 Å². The van der Waals surface area contributed by atoms with Crippen LogP contribution in [0.2, 0.25) is 0 Å². The van der Waals surface area contributed by atoms with Gasteiger partial charge in [0.1, 0.15) is 0 Å². The zero-order chi connectivity index (χ0) is 14.1. The Bertz CT molecular complexity index is 285. The Morgan fingerprint density at radius 1 is 1.33 bits per heavy atom. The maximum Gasteiger partial charge on any atom is 0.227 e. The zero-order valence-electron chi connectivity index (χ0n) is 12.9. The van der Waals surface area contributed by atoms with E-state index in [0.717, 1.165) is 19.3 Å². The largest absolute Gasteiger partial charge is 0.342 e. The molecule has 1 aliphatic rings. The van der Waals surface area contributed by atoms with Crippen LogP contribution in [0.15, 0.2) is 0 Å². The maximum atomic E-state index is 12.7. The van der Waals surface area contributed by atoms with Crippen LogP contribution in [-0.2, 0) is 4.79 Å². The van der Waals surface area contributed by atoms with E-state index in [1.165, 1.54) is 0 Å². The summed E-state index contributed by atoms with van der Waals surface area (Å²) in [5, 5.41) is 0. The summed E-state index contributed by atoms with van der Waals surface area (Å²) in [5.41, 5.74) is 6.27. The molecule has 1 amide bonds. The number of carbonyl (C=O) groups excluding carboxylic acids is 1. The smallest absolute Gasteiger partial charge is 0.227 e. The zero-order valence-corrected chi connectivity index (χ0v) is 12.9. The molecule has 0 bridgehead atoms. The van der Waals surface area contributed by atoms with Crippen LogP contribution in [0.1, 0.15) is 53.9 Å². The minimum absolute atomic E-state index is 0.00792. The third kappa shape index (κ3) is 3.25. The van der Waals surface area contributed by atoms with Crippen molar-refractivity contribution in [1.82, 2.24) is 4.90 Å². The van der Waals surface area contributed by atoms with E-state index in [-0.39, 0.29) is 29.3 Å². The number of rotatable bonds is 2. The monoisotopic (exact) mass is 254 g/mol. The Morgan fingerprint density at radius 2 is 1.89 bits per heavy atom. The van der Waals surface area contributed by atoms with Crippen molar-refractivity contribution >= 4 is 5.91 Å². The molecule has 0 spiro atoms. The second kappa shape index (κ2) is 5.60. The van der Waals surface area contributed by atoms with E-state index in [1.807, 2.05) is 11.9 Å². The van der Waals surface area contributed by atoms with Crippen LogP contribution in [0.25, 0.3) is 0 Å². The molecule has 106 valence electrons. The van der Waals surface area contributed by atoms with Gasteiger partial charge in [-0.15, -0.1) is 0 Å². The van der Waals surface area contributed by atoms with Crippen molar-refractivity contribution in [1.29, 1.82) is 0 Å². The van der Waals surface area contributed by atoms with Crippen LogP contribution in [0.5, 0.6) is 0 Å². The molecule has 0 saturated heterocycles. The van der Waals surface area contributed by atoms with Crippen molar-refractivity contribution in [3.05, 3.63) is 0 Å². The van der Waals surface area contributed by atoms with E-state index in [0.29, 0.717) is 5.92 Å². The van der Waals surface area contributed by atoms with Gasteiger partial charge < -0.3 is 10.6 Å². The van der Waals surface area contributed by atoms with Crippen LogP contribution < -0.4 is 5.73 Å². The molecule has 0 heterocycles. The number of carbonyl (C=O) groups is 1. The number of nitrogens with zero attached hydrogens (tertiary/aromatic N) is 1. The lowest BCUT2D eigenvalue weighted by atomic mass is 9.75. The van der Waals surface area contributed by atoms with E-state index < -0.39 is 0 Å². The van der Waals surface area contributed by atoms with Crippen molar-refractivity contribution in [2.75, 3.05) is 7.05 Å². The van der Waals surface area contributed by atoms with Crippen LogP contribution in [0, 0.1) is 17.3 Å². The highest BCUT2D eigenvalue weighted by molar-refractivity contribution is 5.80. The summed E-state index contributed by atoms with van der Waals surface area (Å²) in [4.78, 5) is 14.6. The van der Waals surface area contributed by atoms with E-state index in [4.69, 9.17) is 5.73 Å². The summed E-state index contributed by atoms with van der Waals surface area (Å²) in [5.74, 6) is 0.654. The van der Waals surface area contributed by atoms with Gasteiger partial charge in [-0.05, 0) is 31.1 Å². The standard InChI is InChI=1S/C15H30N2O/c1-10-8-7-9-12(16)13(10)14(18)17(6)11(2)15(3,4)5/h10-13H,7-9,16H2,1-6H3. The summed E-state index contributed by atoms with van der Waals surface area (Å²) >= 11 is 0. The number of amides is 1. The molecule has 0 aromatic carbocycles. The van der Waals surface area contributed by atoms with Crippen molar-refractivity contribution in [2.24, 2.45) is 23.0 Å². The molecule has 18 heavy (non-hydrogen) atoms. The second-order valence-electron chi connectivity index (χ2n) is 7.09. The van der Waals surface area contributed by atoms with Gasteiger partial charge in [-0.3, -0.25) is 4.79 Å². The molecule has 3 heteroatoms. The van der Waals surface area contributed by atoms with Gasteiger partial charge in [-0.25, -0.2) is 0 Å². The Kier molecular flexibility index (Phi) is 4.82. The quantitative estimate of drug-likeness (QED) is 0.823. The lowest BCUT2D eigenvalue weighted by Crippen LogP contribution is -2.52. The van der Waals surface area contributed by atoms with Gasteiger partial charge in [0, 0.05) is 19.1 Å². The number of hydrogen-bond acceptors (Lipinski definition) is 2. The van der Waals surface area contributed by atoms with Gasteiger partial charge in [-0.2, -0.15) is 0 Å². The van der Waals surface area contributed by atoms with Crippen LogP contribution in [0.4, 0.5) is 0 Å². The lowest BCUT2D eigenvalue weighted by molar-refractivity contribution is -0.141. The van der Waals surface area contributed by atoms with Gasteiger partial charge in [0.25, 0.3) is 0 Å². The fourth-order valence-corrected chi connectivity index (χ4v) is 2.89. The predicted octanol–water partition coefficient (Wildman–Crippen LogP) is 2.64. The molecule has 0 radical (unpaired) electrons. The molecule has 0 aliphatic heterocycles. The van der Waals surface area contributed by atoms with E-state index in [9.17, 15) is 4.79 Å². The lowest BCUT2D eigenvalue weighted by Gasteiger charge is -2.41. The highest BCUT2D eigenvalue weighted by atomic mass is 16.2. The summed E-state index contributed by atoms with van der Waals surface area (Å²) in [6.07, 6.45) is 3.27. The molecule has 1 aliphatic carbocycles. The van der Waals surface area contributed by atoms with Crippen LogP contribution in [0.3, 0.4) is 0 Å². The molecule has 2 N–H and O–H groups in total. The highest BCUT2D eigenvalue weighted by Gasteiger charge is 2.38. The molecule has 1 saturated carbocycles. The first-order chi connectivity index (χ1) is 8.16. The molecule has 3 nitrogen and oxygen atoms in total. The van der Waals surface area contributed by atoms with E-state index in [1.54, 1.807) is 0 Å². The Morgan fingerprint density at radius 3 is 2.33 bits per heavy atom. The van der Waals surface area contributed by atoms with Crippen molar-refractivity contribution in [2.45, 2.75) is 66.0 Å². The Balaban J connectivity index is 2.79. The first kappa shape index (κ1) is 15.5. The van der Waals surface area contributed by atoms with Gasteiger partial charge in [0.15, 0.2) is 0 Å². The molecular formula is C15H30N2O.